The van der Waals surface area contributed by atoms with E-state index in [1.54, 1.807) is 0 Å². The van der Waals surface area contributed by atoms with Gasteiger partial charge in [-0.15, -0.1) is 0 Å². The van der Waals surface area contributed by atoms with E-state index in [4.69, 9.17) is 5.73 Å². The molecule has 4 fully saturated rings. The molecule has 0 aromatic carbocycles. The molecule has 0 radical (unpaired) electrons. The molecule has 3 unspecified atom stereocenters. The van der Waals surface area contributed by atoms with Crippen molar-refractivity contribution in [3.05, 3.63) is 0 Å². The molecule has 3 heterocycles. The summed E-state index contributed by atoms with van der Waals surface area (Å²) in [6.07, 6.45) is 7.92. The highest BCUT2D eigenvalue weighted by molar-refractivity contribution is 4.93. The molecule has 4 rings (SSSR count). The van der Waals surface area contributed by atoms with E-state index in [1.807, 2.05) is 0 Å². The van der Waals surface area contributed by atoms with Crippen LogP contribution in [0.1, 0.15) is 38.5 Å². The van der Waals surface area contributed by atoms with Crippen LogP contribution < -0.4 is 11.1 Å². The molecule has 92 valence electrons. The van der Waals surface area contributed by atoms with Gasteiger partial charge in [0.2, 0.25) is 0 Å². The first-order valence-corrected chi connectivity index (χ1v) is 7.05. The molecule has 3 atom stereocenters. The quantitative estimate of drug-likeness (QED) is 0.732. The molecule has 3 nitrogen and oxygen atoms in total. The number of rotatable bonds is 2. The Kier molecular flexibility index (Phi) is 3.18. The third kappa shape index (κ3) is 2.27. The summed E-state index contributed by atoms with van der Waals surface area (Å²) in [7, 11) is 0. The second-order valence-corrected chi connectivity index (χ2v) is 6.03. The lowest BCUT2D eigenvalue weighted by molar-refractivity contribution is 0.0635. The summed E-state index contributed by atoms with van der Waals surface area (Å²) in [6, 6.07) is 1.92. The Bertz CT molecular complexity index is 235. The topological polar surface area (TPSA) is 41.3 Å². The molecule has 4 aliphatic rings. The van der Waals surface area contributed by atoms with Gasteiger partial charge in [0.1, 0.15) is 0 Å². The highest BCUT2D eigenvalue weighted by atomic mass is 15.2. The van der Waals surface area contributed by atoms with Gasteiger partial charge in [0.05, 0.1) is 0 Å². The SMILES string of the molecule is NC1CCCC(NC2CN3CCC2CC3)C1. The standard InChI is InChI=1S/C13H25N3/c14-11-2-1-3-12(8-11)15-13-9-16-6-4-10(13)5-7-16/h10-13,15H,1-9,14H2. The molecule has 3 saturated heterocycles. The van der Waals surface area contributed by atoms with Crippen LogP contribution in [0, 0.1) is 5.92 Å². The molecule has 0 spiro atoms. The number of fused-ring (bicyclic) bond motifs is 3. The summed E-state index contributed by atoms with van der Waals surface area (Å²) in [6.45, 7) is 3.97. The zero-order valence-corrected chi connectivity index (χ0v) is 10.2. The maximum absolute atomic E-state index is 6.06. The normalized spacial score (nSPS) is 48.2. The van der Waals surface area contributed by atoms with Crippen molar-refractivity contribution < 1.29 is 0 Å². The summed E-state index contributed by atoms with van der Waals surface area (Å²) in [4.78, 5) is 2.63. The minimum Gasteiger partial charge on any atom is -0.328 e. The smallest absolute Gasteiger partial charge is 0.0226 e. The first-order valence-electron chi connectivity index (χ1n) is 7.05. The molecule has 0 aromatic rings. The van der Waals surface area contributed by atoms with Crippen molar-refractivity contribution in [2.75, 3.05) is 19.6 Å². The Balaban J connectivity index is 1.54. The number of nitrogens with one attached hydrogen (secondary N) is 1. The molecular formula is C13H25N3. The van der Waals surface area contributed by atoms with Crippen molar-refractivity contribution in [3.63, 3.8) is 0 Å². The fourth-order valence-electron chi connectivity index (χ4n) is 3.84. The van der Waals surface area contributed by atoms with E-state index < -0.39 is 0 Å². The van der Waals surface area contributed by atoms with Crippen molar-refractivity contribution in [2.24, 2.45) is 11.7 Å². The fraction of sp³-hybridized carbons (Fsp3) is 1.00. The first kappa shape index (κ1) is 11.0. The van der Waals surface area contributed by atoms with Gasteiger partial charge in [0.25, 0.3) is 0 Å². The Morgan fingerprint density at radius 2 is 1.88 bits per heavy atom. The summed E-state index contributed by atoms with van der Waals surface area (Å²) >= 11 is 0. The largest absolute Gasteiger partial charge is 0.328 e. The van der Waals surface area contributed by atoms with Gasteiger partial charge in [-0.25, -0.2) is 0 Å². The molecule has 1 aliphatic carbocycles. The summed E-state index contributed by atoms with van der Waals surface area (Å²) in [5.74, 6) is 0.947. The van der Waals surface area contributed by atoms with Gasteiger partial charge in [-0.1, -0.05) is 6.42 Å². The van der Waals surface area contributed by atoms with Crippen LogP contribution in [-0.4, -0.2) is 42.7 Å². The van der Waals surface area contributed by atoms with Gasteiger partial charge in [0.15, 0.2) is 0 Å². The lowest BCUT2D eigenvalue weighted by atomic mass is 9.82. The lowest BCUT2D eigenvalue weighted by Crippen LogP contribution is -2.58. The van der Waals surface area contributed by atoms with Crippen LogP contribution in [0.4, 0.5) is 0 Å². The monoisotopic (exact) mass is 223 g/mol. The Morgan fingerprint density at radius 3 is 2.50 bits per heavy atom. The molecule has 3 N–H and O–H groups in total. The minimum absolute atomic E-state index is 0.451. The number of nitrogens with two attached hydrogens (primary N) is 1. The van der Waals surface area contributed by atoms with Crippen LogP contribution in [0.3, 0.4) is 0 Å². The zero-order valence-electron chi connectivity index (χ0n) is 10.2. The first-order chi connectivity index (χ1) is 7.81. The number of hydrogen-bond acceptors (Lipinski definition) is 3. The van der Waals surface area contributed by atoms with Crippen molar-refractivity contribution >= 4 is 0 Å². The summed E-state index contributed by atoms with van der Waals surface area (Å²) < 4.78 is 0. The fourth-order valence-corrected chi connectivity index (χ4v) is 3.84. The maximum atomic E-state index is 6.06. The Labute approximate surface area is 98.8 Å². The van der Waals surface area contributed by atoms with E-state index in [-0.39, 0.29) is 0 Å². The lowest BCUT2D eigenvalue weighted by Gasteiger charge is -2.47. The van der Waals surface area contributed by atoms with E-state index in [2.05, 4.69) is 10.2 Å². The van der Waals surface area contributed by atoms with E-state index in [9.17, 15) is 0 Å². The highest BCUT2D eigenvalue weighted by Crippen LogP contribution is 2.29. The maximum Gasteiger partial charge on any atom is 0.0226 e. The molecular weight excluding hydrogens is 198 g/mol. The molecule has 3 heteroatoms. The van der Waals surface area contributed by atoms with E-state index in [0.717, 1.165) is 12.0 Å². The van der Waals surface area contributed by atoms with Crippen LogP contribution in [0.2, 0.25) is 0 Å². The second kappa shape index (κ2) is 4.63. The average Bonchev–Trinajstić information content (AvgIpc) is 2.30. The predicted molar refractivity (Wildman–Crippen MR) is 66.3 cm³/mol. The summed E-state index contributed by atoms with van der Waals surface area (Å²) in [5, 5.41) is 3.90. The third-order valence-corrected chi connectivity index (χ3v) is 4.82. The number of hydrogen-bond donors (Lipinski definition) is 2. The van der Waals surface area contributed by atoms with Crippen LogP contribution in [-0.2, 0) is 0 Å². The molecule has 3 aliphatic heterocycles. The van der Waals surface area contributed by atoms with Crippen molar-refractivity contribution in [2.45, 2.75) is 56.7 Å². The Hall–Kier alpha value is -0.120. The van der Waals surface area contributed by atoms with Crippen LogP contribution >= 0.6 is 0 Å². The van der Waals surface area contributed by atoms with Gasteiger partial charge >= 0.3 is 0 Å². The van der Waals surface area contributed by atoms with Crippen LogP contribution in [0.5, 0.6) is 0 Å². The third-order valence-electron chi connectivity index (χ3n) is 4.82. The van der Waals surface area contributed by atoms with E-state index in [0.29, 0.717) is 12.1 Å². The predicted octanol–water partition coefficient (Wildman–Crippen LogP) is 0.940. The minimum atomic E-state index is 0.451. The molecule has 2 bridgehead atoms. The Morgan fingerprint density at radius 1 is 1.06 bits per heavy atom. The van der Waals surface area contributed by atoms with Crippen molar-refractivity contribution in [1.29, 1.82) is 0 Å². The molecule has 16 heavy (non-hydrogen) atoms. The summed E-state index contributed by atoms with van der Waals surface area (Å²) in [5.41, 5.74) is 6.06. The van der Waals surface area contributed by atoms with Crippen LogP contribution in [0.15, 0.2) is 0 Å². The van der Waals surface area contributed by atoms with E-state index >= 15 is 0 Å². The van der Waals surface area contributed by atoms with Gasteiger partial charge in [-0.05, 0) is 51.1 Å². The van der Waals surface area contributed by atoms with Gasteiger partial charge in [0, 0.05) is 24.7 Å². The van der Waals surface area contributed by atoms with Crippen molar-refractivity contribution in [3.8, 4) is 0 Å². The van der Waals surface area contributed by atoms with Crippen LogP contribution in [0.25, 0.3) is 0 Å². The van der Waals surface area contributed by atoms with Gasteiger partial charge in [-0.2, -0.15) is 0 Å². The zero-order chi connectivity index (χ0) is 11.0. The second-order valence-electron chi connectivity index (χ2n) is 6.03. The van der Waals surface area contributed by atoms with Gasteiger partial charge in [-0.3, -0.25) is 0 Å². The number of piperidine rings is 3. The molecule has 0 aromatic heterocycles. The molecule has 0 amide bonds. The van der Waals surface area contributed by atoms with E-state index in [1.165, 1.54) is 58.2 Å². The van der Waals surface area contributed by atoms with Gasteiger partial charge < -0.3 is 16.0 Å². The number of nitrogens with zero attached hydrogens (tertiary/aromatic N) is 1. The highest BCUT2D eigenvalue weighted by Gasteiger charge is 2.35. The molecule has 1 saturated carbocycles. The van der Waals surface area contributed by atoms with Crippen molar-refractivity contribution in [1.82, 2.24) is 10.2 Å². The average molecular weight is 223 g/mol.